The molecule has 1 aliphatic carbocycles. The van der Waals surface area contributed by atoms with Gasteiger partial charge in [-0.1, -0.05) is 60.5 Å². The highest BCUT2D eigenvalue weighted by Gasteiger charge is 2.31. The van der Waals surface area contributed by atoms with Gasteiger partial charge in [-0.05, 0) is 85.4 Å². The van der Waals surface area contributed by atoms with Crippen molar-refractivity contribution >= 4 is 39.2 Å². The van der Waals surface area contributed by atoms with E-state index in [1.165, 1.54) is 11.5 Å². The minimum atomic E-state index is -1.27. The number of para-hydroxylation sites is 1. The van der Waals surface area contributed by atoms with E-state index in [0.717, 1.165) is 101 Å². The molecule has 1 saturated carbocycles. The number of hydrogen-bond acceptors (Lipinski definition) is 12. The molecule has 0 radical (unpaired) electrons. The molecule has 13 nitrogen and oxygen atoms in total. The van der Waals surface area contributed by atoms with Crippen LogP contribution in [0.4, 0.5) is 0 Å². The van der Waals surface area contributed by atoms with Crippen molar-refractivity contribution in [3.8, 4) is 51.2 Å². The number of carboxylic acid groups (broad SMARTS) is 1. The summed E-state index contributed by atoms with van der Waals surface area (Å²) in [4.78, 5) is 32.1. The zero-order valence-electron chi connectivity index (χ0n) is 35.5. The highest BCUT2D eigenvalue weighted by Crippen LogP contribution is 2.48. The molecule has 2 fully saturated rings. The van der Waals surface area contributed by atoms with Gasteiger partial charge in [0.1, 0.15) is 24.7 Å². The number of fused-ring (bicyclic) bond motifs is 1. The Balaban J connectivity index is 0.946. The van der Waals surface area contributed by atoms with Gasteiger partial charge < -0.3 is 24.2 Å². The van der Waals surface area contributed by atoms with Crippen LogP contribution < -0.4 is 14.2 Å². The maximum atomic E-state index is 13.0. The molecular weight excluding hydrogens is 836 g/mol. The predicted octanol–water partition coefficient (Wildman–Crippen LogP) is 8.73. The third kappa shape index (κ3) is 9.40. The van der Waals surface area contributed by atoms with Gasteiger partial charge >= 0.3 is 5.97 Å². The van der Waals surface area contributed by atoms with Crippen LogP contribution in [-0.4, -0.2) is 102 Å². The monoisotopic (exact) mass is 884 g/mol. The van der Waals surface area contributed by atoms with Crippen LogP contribution in [0.3, 0.4) is 0 Å². The van der Waals surface area contributed by atoms with Gasteiger partial charge in [-0.2, -0.15) is 9.47 Å². The Hall–Kier alpha value is -5.93. The number of hydrogen-bond donors (Lipinski definition) is 1. The predicted molar refractivity (Wildman–Crippen MR) is 245 cm³/mol. The summed E-state index contributed by atoms with van der Waals surface area (Å²) in [5.74, 6) is 1.12. The van der Waals surface area contributed by atoms with Crippen LogP contribution in [0.5, 0.6) is 17.4 Å². The van der Waals surface area contributed by atoms with E-state index in [0.29, 0.717) is 40.2 Å². The van der Waals surface area contributed by atoms with Crippen molar-refractivity contribution in [2.75, 3.05) is 46.4 Å². The van der Waals surface area contributed by atoms with Crippen molar-refractivity contribution in [1.29, 1.82) is 0 Å². The van der Waals surface area contributed by atoms with E-state index >= 15 is 0 Å². The van der Waals surface area contributed by atoms with Gasteiger partial charge in [-0.25, -0.2) is 14.8 Å². The molecule has 0 amide bonds. The zero-order chi connectivity index (χ0) is 43.5. The molecule has 1 aliphatic heterocycles. The van der Waals surface area contributed by atoms with Crippen LogP contribution in [0.2, 0.25) is 5.02 Å². The molecule has 1 atom stereocenters. The summed E-state index contributed by atoms with van der Waals surface area (Å²) in [7, 11) is 4.04. The van der Waals surface area contributed by atoms with Crippen LogP contribution in [0.15, 0.2) is 91.4 Å². The van der Waals surface area contributed by atoms with Gasteiger partial charge in [0.15, 0.2) is 5.82 Å². The maximum Gasteiger partial charge on any atom is 0.345 e. The minimum Gasteiger partial charge on any atom is -0.491 e. The number of pyridine rings is 1. The summed E-state index contributed by atoms with van der Waals surface area (Å²) in [6.07, 6.45) is 7.36. The number of rotatable bonds is 16. The third-order valence-corrected chi connectivity index (χ3v) is 13.2. The molecule has 1 saturated heterocycles. The summed E-state index contributed by atoms with van der Waals surface area (Å²) < 4.78 is 26.3. The number of nitrogens with zero attached hydrogens (tertiary/aromatic N) is 8. The second kappa shape index (κ2) is 18.8. The first-order chi connectivity index (χ1) is 30.7. The van der Waals surface area contributed by atoms with Crippen molar-refractivity contribution in [2.24, 2.45) is 7.05 Å². The van der Waals surface area contributed by atoms with Gasteiger partial charge in [0.05, 0.1) is 32.2 Å². The summed E-state index contributed by atoms with van der Waals surface area (Å²) in [6.45, 7) is 7.64. The Morgan fingerprint density at radius 3 is 2.56 bits per heavy atom. The summed E-state index contributed by atoms with van der Waals surface area (Å²) >= 11 is 8.32. The lowest BCUT2D eigenvalue weighted by Crippen LogP contribution is -2.45. The number of aromatic nitrogens is 6. The Morgan fingerprint density at radius 2 is 1.78 bits per heavy atom. The van der Waals surface area contributed by atoms with E-state index in [4.69, 9.17) is 40.2 Å². The number of ether oxygens (including phenoxy) is 3. The maximum absolute atomic E-state index is 13.0. The smallest absolute Gasteiger partial charge is 0.345 e. The average molecular weight is 885 g/mol. The first-order valence-electron chi connectivity index (χ1n) is 21.3. The summed E-state index contributed by atoms with van der Waals surface area (Å²) in [5.41, 5.74) is 7.60. The van der Waals surface area contributed by atoms with Crippen LogP contribution in [0, 0.1) is 6.92 Å². The lowest BCUT2D eigenvalue weighted by Gasteiger charge is -2.32. The van der Waals surface area contributed by atoms with Crippen molar-refractivity contribution in [3.63, 3.8) is 0 Å². The van der Waals surface area contributed by atoms with E-state index < -0.39 is 12.1 Å². The van der Waals surface area contributed by atoms with Gasteiger partial charge in [0, 0.05) is 87.4 Å². The molecule has 15 heteroatoms. The number of carboxylic acids is 1. The number of aryl methyl sites for hydroxylation is 1. The Bertz CT molecular complexity index is 2750. The number of carbonyl (C=O) groups is 1. The van der Waals surface area contributed by atoms with Gasteiger partial charge in [-0.3, -0.25) is 14.6 Å². The van der Waals surface area contributed by atoms with Crippen molar-refractivity contribution < 1.29 is 24.1 Å². The van der Waals surface area contributed by atoms with Crippen molar-refractivity contribution in [2.45, 2.75) is 51.2 Å². The Morgan fingerprint density at radius 1 is 0.952 bits per heavy atom. The number of piperazine rings is 1. The summed E-state index contributed by atoms with van der Waals surface area (Å²) in [6, 6.07) is 23.1. The van der Waals surface area contributed by atoms with Gasteiger partial charge in [0.2, 0.25) is 12.0 Å². The fourth-order valence-corrected chi connectivity index (χ4v) is 9.07. The summed E-state index contributed by atoms with van der Waals surface area (Å²) in [5, 5.41) is 16.4. The molecule has 4 aromatic heterocycles. The second-order valence-corrected chi connectivity index (χ2v) is 17.5. The number of likely N-dealkylation sites (N-methyl/N-ethyl adjacent to an activating group) is 1. The fourth-order valence-electron chi connectivity index (χ4n) is 8.15. The van der Waals surface area contributed by atoms with Gasteiger partial charge in [0.25, 0.3) is 0 Å². The largest absolute Gasteiger partial charge is 0.491 e. The van der Waals surface area contributed by atoms with Crippen LogP contribution >= 0.6 is 23.1 Å². The van der Waals surface area contributed by atoms with E-state index in [9.17, 15) is 9.90 Å². The molecule has 0 unspecified atom stereocenters. The lowest BCUT2D eigenvalue weighted by molar-refractivity contribution is -0.145. The lowest BCUT2D eigenvalue weighted by atomic mass is 9.79. The third-order valence-electron chi connectivity index (χ3n) is 12.0. The van der Waals surface area contributed by atoms with Gasteiger partial charge in [-0.15, -0.1) is 0 Å². The first kappa shape index (κ1) is 42.4. The molecule has 0 spiro atoms. The topological polar surface area (TPSA) is 141 Å². The van der Waals surface area contributed by atoms with E-state index in [-0.39, 0.29) is 24.8 Å². The quantitative estimate of drug-likeness (QED) is 0.0993. The molecule has 5 heterocycles. The number of benzene rings is 3. The molecule has 63 heavy (non-hydrogen) atoms. The Labute approximate surface area is 375 Å². The molecule has 7 aromatic rings. The molecule has 0 bridgehead atoms. The molecule has 324 valence electrons. The molecule has 9 rings (SSSR count). The van der Waals surface area contributed by atoms with E-state index in [1.54, 1.807) is 16.9 Å². The molecular formula is C48H49ClN8O5S. The Kier molecular flexibility index (Phi) is 12.7. The molecule has 3 aromatic carbocycles. The highest BCUT2D eigenvalue weighted by atomic mass is 35.5. The standard InChI is InChI=1S/C48H49ClN8O5S/c1-30-36(14-15-39(44(30)49)60-25-24-57-22-20-55(2)21-23-57)42-43-41(28-51-45(42)31-9-6-10-31)63-54-47(43)62-40(48(58)59)27-33-8-4-5-13-38(33)61-29-35-16-18-50-46(52-35)34-12-7-11-32(26-34)37-17-19-56(3)53-37/h4-5,7-8,11-19,26,28,31,40H,6,9-10,20-25,27,29H2,1-3H3,(H,58,59)/t40-/m1/s1. The van der Waals surface area contributed by atoms with Crippen molar-refractivity contribution in [3.05, 3.63) is 119 Å². The SMILES string of the molecule is Cc1c(-c2c(C3CCC3)ncc3snc(O[C@H](Cc4ccccc4OCc4ccnc(-c5cccc(-c6ccn(C)n6)c5)n4)C(=O)O)c23)ccc(OCCN2CCN(C)CC2)c1Cl. The fraction of sp³-hybridized carbons (Fsp3) is 0.333. The zero-order valence-corrected chi connectivity index (χ0v) is 37.1. The normalized spacial score (nSPS) is 15.3. The number of halogens is 1. The molecule has 2 aliphatic rings. The number of aliphatic carboxylic acids is 1. The van der Waals surface area contributed by atoms with Crippen molar-refractivity contribution in [1.82, 2.24) is 38.9 Å². The van der Waals surface area contributed by atoms with E-state index in [2.05, 4.69) is 26.9 Å². The molecule has 1 N–H and O–H groups in total. The highest BCUT2D eigenvalue weighted by molar-refractivity contribution is 7.13. The van der Waals surface area contributed by atoms with Crippen LogP contribution in [0.25, 0.3) is 43.9 Å². The first-order valence-corrected chi connectivity index (χ1v) is 22.5. The van der Waals surface area contributed by atoms with Crippen LogP contribution in [0.1, 0.15) is 47.7 Å². The second-order valence-electron chi connectivity index (χ2n) is 16.3. The average Bonchev–Trinajstić information content (AvgIpc) is 3.91. The van der Waals surface area contributed by atoms with Crippen LogP contribution in [-0.2, 0) is 24.9 Å². The van der Waals surface area contributed by atoms with E-state index in [1.807, 2.05) is 93.1 Å². The minimum absolute atomic E-state index is 0.0286.